The van der Waals surface area contributed by atoms with Crippen molar-refractivity contribution in [3.05, 3.63) is 48.4 Å². The Bertz CT molecular complexity index is 544. The van der Waals surface area contributed by atoms with Gasteiger partial charge in [-0.25, -0.2) is 9.37 Å². The van der Waals surface area contributed by atoms with Gasteiger partial charge in [0.2, 0.25) is 0 Å². The van der Waals surface area contributed by atoms with Gasteiger partial charge >= 0.3 is 7.55 Å². The highest BCUT2D eigenvalue weighted by atomic mass is 19.1. The molecule has 1 radical (unpaired) electrons. The topological polar surface area (TPSA) is 19.4 Å². The summed E-state index contributed by atoms with van der Waals surface area (Å²) in [6, 6.07) is 11.1. The summed E-state index contributed by atoms with van der Waals surface area (Å²) in [6.07, 6.45) is 1.23. The summed E-state index contributed by atoms with van der Waals surface area (Å²) < 4.78 is 12.8. The van der Waals surface area contributed by atoms with Crippen LogP contribution in [0, 0.1) is 5.82 Å². The number of aromatic nitrogens is 1. The third kappa shape index (κ3) is 1.64. The number of nitrogens with zero attached hydrogens (tertiary/aromatic N) is 3. The molecule has 0 saturated carbocycles. The lowest BCUT2D eigenvalue weighted by Crippen LogP contribution is -2.29. The van der Waals surface area contributed by atoms with Crippen LogP contribution >= 0.6 is 0 Å². The Hall–Kier alpha value is -2.04. The molecule has 1 aliphatic heterocycles. The molecule has 83 valence electrons. The molecule has 1 aromatic carbocycles. The highest BCUT2D eigenvalue weighted by Crippen LogP contribution is 2.37. The van der Waals surface area contributed by atoms with E-state index in [-0.39, 0.29) is 5.82 Å². The van der Waals surface area contributed by atoms with E-state index < -0.39 is 0 Å². The molecule has 1 aromatic heterocycles. The molecule has 0 N–H and O–H groups in total. The summed E-state index contributed by atoms with van der Waals surface area (Å²) in [4.78, 5) is 8.04. The van der Waals surface area contributed by atoms with Crippen LogP contribution in [0.25, 0.3) is 0 Å². The zero-order valence-corrected chi connectivity index (χ0v) is 9.34. The van der Waals surface area contributed by atoms with Gasteiger partial charge in [0.1, 0.15) is 11.6 Å². The lowest BCUT2D eigenvalue weighted by molar-refractivity contribution is 0.621. The predicted molar refractivity (Wildman–Crippen MR) is 66.9 cm³/mol. The maximum Gasteiger partial charge on any atom is 0.397 e. The molecule has 2 heterocycles. The van der Waals surface area contributed by atoms with E-state index in [0.717, 1.165) is 11.4 Å². The number of halogens is 1. The van der Waals surface area contributed by atoms with Gasteiger partial charge < -0.3 is 9.62 Å². The number of pyridine rings is 1. The number of fused-ring (bicyclic) bond motifs is 1. The summed E-state index contributed by atoms with van der Waals surface area (Å²) in [5.41, 5.74) is 2.16. The van der Waals surface area contributed by atoms with E-state index in [1.54, 1.807) is 6.07 Å². The maximum atomic E-state index is 12.8. The van der Waals surface area contributed by atoms with Gasteiger partial charge in [0.15, 0.2) is 0 Å². The van der Waals surface area contributed by atoms with E-state index >= 15 is 0 Å². The molecule has 0 spiro atoms. The summed E-state index contributed by atoms with van der Waals surface area (Å²) in [6.45, 7) is 0. The van der Waals surface area contributed by atoms with E-state index in [9.17, 15) is 4.39 Å². The molecule has 5 heteroatoms. The Labute approximate surface area is 99.8 Å². The molecule has 3 rings (SSSR count). The van der Waals surface area contributed by atoms with Gasteiger partial charge in [0.25, 0.3) is 0 Å². The first-order chi connectivity index (χ1) is 8.25. The largest absolute Gasteiger partial charge is 0.400 e. The van der Waals surface area contributed by atoms with Crippen molar-refractivity contribution in [2.45, 2.75) is 0 Å². The molecule has 3 nitrogen and oxygen atoms in total. The van der Waals surface area contributed by atoms with E-state index in [1.165, 1.54) is 12.3 Å². The Morgan fingerprint density at radius 2 is 1.88 bits per heavy atom. The average Bonchev–Trinajstić information content (AvgIpc) is 2.69. The molecular formula is C12H10BFN3. The first kappa shape index (κ1) is 10.1. The Kier molecular flexibility index (Phi) is 2.25. The van der Waals surface area contributed by atoms with Crippen LogP contribution in [-0.4, -0.2) is 19.6 Å². The first-order valence-electron chi connectivity index (χ1n) is 5.33. The summed E-state index contributed by atoms with van der Waals surface area (Å²) >= 11 is 0. The lowest BCUT2D eigenvalue weighted by Gasteiger charge is -2.16. The zero-order chi connectivity index (χ0) is 11.8. The highest BCUT2D eigenvalue weighted by molar-refractivity contribution is 6.52. The van der Waals surface area contributed by atoms with Crippen LogP contribution in [0.4, 0.5) is 21.6 Å². The number of anilines is 3. The van der Waals surface area contributed by atoms with E-state index in [2.05, 4.69) is 4.98 Å². The third-order valence-electron chi connectivity index (χ3n) is 2.77. The minimum Gasteiger partial charge on any atom is -0.400 e. The second-order valence-corrected chi connectivity index (χ2v) is 3.92. The van der Waals surface area contributed by atoms with Gasteiger partial charge in [0.05, 0.1) is 11.9 Å². The SMILES string of the molecule is CN1[B]N(c2ccc(F)cn2)c2ccccc21. The van der Waals surface area contributed by atoms with Gasteiger partial charge in [-0.15, -0.1) is 0 Å². The highest BCUT2D eigenvalue weighted by Gasteiger charge is 2.26. The molecular weight excluding hydrogens is 216 g/mol. The minimum atomic E-state index is -0.324. The number of hydrogen-bond donors (Lipinski definition) is 0. The fourth-order valence-electron chi connectivity index (χ4n) is 1.96. The number of para-hydroxylation sites is 2. The predicted octanol–water partition coefficient (Wildman–Crippen LogP) is 2.34. The van der Waals surface area contributed by atoms with Crippen molar-refractivity contribution in [2.75, 3.05) is 16.7 Å². The van der Waals surface area contributed by atoms with E-state index in [1.807, 2.05) is 48.5 Å². The molecule has 0 amide bonds. The standard InChI is InChI=1S/C12H10BFN3/c1-16-10-4-2-3-5-11(10)17(13-16)12-7-6-9(14)8-15-12/h2-8H,1H3. The van der Waals surface area contributed by atoms with Crippen LogP contribution in [0.2, 0.25) is 0 Å². The van der Waals surface area contributed by atoms with Crippen LogP contribution < -0.4 is 9.62 Å². The Morgan fingerprint density at radius 1 is 1.12 bits per heavy atom. The Balaban J connectivity index is 2.04. The van der Waals surface area contributed by atoms with Crippen LogP contribution in [0.1, 0.15) is 0 Å². The van der Waals surface area contributed by atoms with Crippen molar-refractivity contribution in [3.8, 4) is 0 Å². The number of hydrogen-bond acceptors (Lipinski definition) is 3. The molecule has 0 atom stereocenters. The normalized spacial score (nSPS) is 13.5. The van der Waals surface area contributed by atoms with Gasteiger partial charge in [-0.2, -0.15) is 0 Å². The van der Waals surface area contributed by atoms with Gasteiger partial charge in [-0.05, 0) is 31.3 Å². The van der Waals surface area contributed by atoms with Gasteiger partial charge in [-0.1, -0.05) is 12.1 Å². The van der Waals surface area contributed by atoms with E-state index in [4.69, 9.17) is 0 Å². The van der Waals surface area contributed by atoms with Crippen LogP contribution in [0.15, 0.2) is 42.6 Å². The van der Waals surface area contributed by atoms with Crippen molar-refractivity contribution in [1.82, 2.24) is 4.98 Å². The fraction of sp³-hybridized carbons (Fsp3) is 0.0833. The molecule has 0 unspecified atom stereocenters. The average molecular weight is 226 g/mol. The van der Waals surface area contributed by atoms with Crippen molar-refractivity contribution in [3.63, 3.8) is 0 Å². The molecule has 17 heavy (non-hydrogen) atoms. The third-order valence-corrected chi connectivity index (χ3v) is 2.77. The Morgan fingerprint density at radius 3 is 2.59 bits per heavy atom. The maximum absolute atomic E-state index is 12.8. The second-order valence-electron chi connectivity index (χ2n) is 3.92. The van der Waals surface area contributed by atoms with Gasteiger partial charge in [-0.3, -0.25) is 0 Å². The molecule has 1 aliphatic rings. The first-order valence-corrected chi connectivity index (χ1v) is 5.33. The quantitative estimate of drug-likeness (QED) is 0.695. The number of rotatable bonds is 1. The molecule has 0 fully saturated rings. The van der Waals surface area contributed by atoms with Crippen LogP contribution in [-0.2, 0) is 0 Å². The summed E-state index contributed by atoms with van der Waals surface area (Å²) in [5.74, 6) is 0.387. The smallest absolute Gasteiger partial charge is 0.397 e. The van der Waals surface area contributed by atoms with Crippen molar-refractivity contribution < 1.29 is 4.39 Å². The minimum absolute atomic E-state index is 0.324. The van der Waals surface area contributed by atoms with Crippen LogP contribution in [0.5, 0.6) is 0 Å². The van der Waals surface area contributed by atoms with E-state index in [0.29, 0.717) is 5.82 Å². The van der Waals surface area contributed by atoms with Crippen molar-refractivity contribution >= 4 is 24.7 Å². The zero-order valence-electron chi connectivity index (χ0n) is 9.34. The molecule has 0 bridgehead atoms. The van der Waals surface area contributed by atoms with Crippen molar-refractivity contribution in [1.29, 1.82) is 0 Å². The lowest BCUT2D eigenvalue weighted by atomic mass is 10.1. The monoisotopic (exact) mass is 226 g/mol. The van der Waals surface area contributed by atoms with Crippen LogP contribution in [0.3, 0.4) is 0 Å². The molecule has 0 aliphatic carbocycles. The molecule has 0 saturated heterocycles. The van der Waals surface area contributed by atoms with Crippen molar-refractivity contribution in [2.24, 2.45) is 0 Å². The molecule has 2 aromatic rings. The fourth-order valence-corrected chi connectivity index (χ4v) is 1.96. The van der Waals surface area contributed by atoms with Gasteiger partial charge in [0, 0.05) is 5.69 Å². The number of benzene rings is 1. The second kappa shape index (κ2) is 3.77. The summed E-state index contributed by atoms with van der Waals surface area (Å²) in [7, 11) is 3.91. The summed E-state index contributed by atoms with van der Waals surface area (Å²) in [5, 5.41) is 0.